The molecule has 1 saturated carbocycles. The van der Waals surface area contributed by atoms with E-state index >= 15 is 0 Å². The van der Waals surface area contributed by atoms with Crippen molar-refractivity contribution in [2.24, 2.45) is 5.92 Å². The highest BCUT2D eigenvalue weighted by Gasteiger charge is 2.55. The van der Waals surface area contributed by atoms with Gasteiger partial charge in [0.2, 0.25) is 5.89 Å². The van der Waals surface area contributed by atoms with Gasteiger partial charge in [-0.2, -0.15) is 4.98 Å². The molecule has 20 heavy (non-hydrogen) atoms. The Morgan fingerprint density at radius 2 is 2.25 bits per heavy atom. The molecule has 2 atom stereocenters. The number of carbonyl (C=O) groups is 2. The molecule has 7 heteroatoms. The molecule has 1 spiro atoms. The Kier molecular flexibility index (Phi) is 2.99. The molecule has 3 amide bonds. The van der Waals surface area contributed by atoms with Gasteiger partial charge in [-0.1, -0.05) is 24.9 Å². The lowest BCUT2D eigenvalue weighted by Gasteiger charge is -2.36. The van der Waals surface area contributed by atoms with Crippen molar-refractivity contribution in [3.63, 3.8) is 0 Å². The molecule has 2 fully saturated rings. The number of rotatable bonds is 2. The molecule has 1 aliphatic heterocycles. The average Bonchev–Trinajstić information content (AvgIpc) is 2.92. The molecule has 108 valence electrons. The Morgan fingerprint density at radius 1 is 1.45 bits per heavy atom. The van der Waals surface area contributed by atoms with Crippen LogP contribution in [0.5, 0.6) is 0 Å². The molecular formula is C13H18N4O3. The van der Waals surface area contributed by atoms with Crippen molar-refractivity contribution in [1.82, 2.24) is 20.4 Å². The second-order valence-electron chi connectivity index (χ2n) is 5.67. The molecule has 2 heterocycles. The smallest absolute Gasteiger partial charge is 0.325 e. The predicted molar refractivity (Wildman–Crippen MR) is 68.5 cm³/mol. The number of hydrogen-bond donors (Lipinski definition) is 1. The molecule has 2 unspecified atom stereocenters. The second kappa shape index (κ2) is 4.57. The highest BCUT2D eigenvalue weighted by molar-refractivity contribution is 6.07. The Labute approximate surface area is 116 Å². The normalized spacial score (nSPS) is 30.1. The van der Waals surface area contributed by atoms with Crippen LogP contribution in [0, 0.1) is 12.8 Å². The number of aromatic nitrogens is 2. The van der Waals surface area contributed by atoms with Gasteiger partial charge in [-0.05, 0) is 25.7 Å². The third-order valence-electron chi connectivity index (χ3n) is 4.36. The lowest BCUT2D eigenvalue weighted by atomic mass is 9.73. The monoisotopic (exact) mass is 278 g/mol. The first kappa shape index (κ1) is 13.1. The largest absolute Gasteiger partial charge is 0.337 e. The summed E-state index contributed by atoms with van der Waals surface area (Å²) in [4.78, 5) is 30.0. The molecule has 7 nitrogen and oxygen atoms in total. The number of amides is 3. The summed E-state index contributed by atoms with van der Waals surface area (Å²) in [5, 5.41) is 6.57. The minimum Gasteiger partial charge on any atom is -0.337 e. The molecule has 0 radical (unpaired) electrons. The Morgan fingerprint density at radius 3 is 2.90 bits per heavy atom. The summed E-state index contributed by atoms with van der Waals surface area (Å²) in [5.74, 6) is 0.770. The SMILES string of the molecule is Cc1noc(CN2C(=O)NC3(CCCCC3C)C2=O)n1. The van der Waals surface area contributed by atoms with Crippen LogP contribution in [0.2, 0.25) is 0 Å². The van der Waals surface area contributed by atoms with Crippen LogP contribution in [0.15, 0.2) is 4.52 Å². The van der Waals surface area contributed by atoms with E-state index in [0.717, 1.165) is 19.3 Å². The molecular weight excluding hydrogens is 260 g/mol. The third-order valence-corrected chi connectivity index (χ3v) is 4.36. The van der Waals surface area contributed by atoms with Crippen molar-refractivity contribution < 1.29 is 14.1 Å². The molecule has 1 saturated heterocycles. The first-order valence-corrected chi connectivity index (χ1v) is 6.96. The Hall–Kier alpha value is -1.92. The molecule has 3 rings (SSSR count). The molecule has 1 aromatic heterocycles. The number of aryl methyl sites for hydroxylation is 1. The van der Waals surface area contributed by atoms with Crippen molar-refractivity contribution in [2.45, 2.75) is 51.6 Å². The molecule has 0 bridgehead atoms. The minimum absolute atomic E-state index is 0.0416. The second-order valence-corrected chi connectivity index (χ2v) is 5.67. The highest BCUT2D eigenvalue weighted by atomic mass is 16.5. The van der Waals surface area contributed by atoms with E-state index in [2.05, 4.69) is 15.5 Å². The van der Waals surface area contributed by atoms with E-state index in [1.54, 1.807) is 6.92 Å². The van der Waals surface area contributed by atoms with Crippen molar-refractivity contribution in [3.05, 3.63) is 11.7 Å². The van der Waals surface area contributed by atoms with Gasteiger partial charge < -0.3 is 9.84 Å². The van der Waals surface area contributed by atoms with Gasteiger partial charge >= 0.3 is 6.03 Å². The van der Waals surface area contributed by atoms with E-state index in [-0.39, 0.29) is 30.3 Å². The van der Waals surface area contributed by atoms with Crippen LogP contribution in [0.4, 0.5) is 4.79 Å². The van der Waals surface area contributed by atoms with E-state index in [1.807, 2.05) is 6.92 Å². The summed E-state index contributed by atoms with van der Waals surface area (Å²) < 4.78 is 4.99. The van der Waals surface area contributed by atoms with Crippen molar-refractivity contribution in [2.75, 3.05) is 0 Å². The zero-order chi connectivity index (χ0) is 14.3. The predicted octanol–water partition coefficient (Wildman–Crippen LogP) is 1.38. The van der Waals surface area contributed by atoms with Gasteiger partial charge in [-0.25, -0.2) is 4.79 Å². The maximum Gasteiger partial charge on any atom is 0.325 e. The van der Waals surface area contributed by atoms with Crippen LogP contribution in [0.1, 0.15) is 44.3 Å². The molecule has 1 aromatic rings. The third kappa shape index (κ3) is 1.88. The van der Waals surface area contributed by atoms with Crippen LogP contribution >= 0.6 is 0 Å². The maximum absolute atomic E-state index is 12.7. The van der Waals surface area contributed by atoms with Crippen molar-refractivity contribution >= 4 is 11.9 Å². The number of nitrogens with one attached hydrogen (secondary N) is 1. The van der Waals surface area contributed by atoms with E-state index in [4.69, 9.17) is 4.52 Å². The fourth-order valence-electron chi connectivity index (χ4n) is 3.18. The summed E-state index contributed by atoms with van der Waals surface area (Å²) in [5.41, 5.74) is -0.732. The van der Waals surface area contributed by atoms with E-state index in [9.17, 15) is 9.59 Å². The standard InChI is InChI=1S/C13H18N4O3/c1-8-5-3-4-6-13(8)11(18)17(12(19)15-13)7-10-14-9(2)16-20-10/h8H,3-7H2,1-2H3,(H,15,19). The summed E-state index contributed by atoms with van der Waals surface area (Å²) in [7, 11) is 0. The Bertz CT molecular complexity index is 556. The molecule has 0 aromatic carbocycles. The van der Waals surface area contributed by atoms with E-state index in [0.29, 0.717) is 12.2 Å². The summed E-state index contributed by atoms with van der Waals surface area (Å²) in [6.45, 7) is 3.77. The fourth-order valence-corrected chi connectivity index (χ4v) is 3.18. The van der Waals surface area contributed by atoms with Crippen LogP contribution in [-0.2, 0) is 11.3 Å². The molecule has 1 aliphatic carbocycles. The lowest BCUT2D eigenvalue weighted by molar-refractivity contribution is -0.134. The van der Waals surface area contributed by atoms with Crippen LogP contribution in [-0.4, -0.2) is 32.5 Å². The highest BCUT2D eigenvalue weighted by Crippen LogP contribution is 2.38. The Balaban J connectivity index is 1.83. The van der Waals surface area contributed by atoms with Crippen LogP contribution < -0.4 is 5.32 Å². The van der Waals surface area contributed by atoms with Gasteiger partial charge in [0.25, 0.3) is 5.91 Å². The lowest BCUT2D eigenvalue weighted by Crippen LogP contribution is -2.53. The van der Waals surface area contributed by atoms with E-state index < -0.39 is 5.54 Å². The van der Waals surface area contributed by atoms with Crippen LogP contribution in [0.25, 0.3) is 0 Å². The topological polar surface area (TPSA) is 88.3 Å². The fraction of sp³-hybridized carbons (Fsp3) is 0.692. The number of nitrogens with zero attached hydrogens (tertiary/aromatic N) is 3. The van der Waals surface area contributed by atoms with Gasteiger partial charge in [0, 0.05) is 0 Å². The van der Waals surface area contributed by atoms with Gasteiger partial charge in [0.1, 0.15) is 12.1 Å². The maximum atomic E-state index is 12.7. The first-order valence-electron chi connectivity index (χ1n) is 6.96. The zero-order valence-electron chi connectivity index (χ0n) is 11.7. The first-order chi connectivity index (χ1) is 9.53. The van der Waals surface area contributed by atoms with Gasteiger partial charge in [-0.15, -0.1) is 0 Å². The molecule has 1 N–H and O–H groups in total. The number of carbonyl (C=O) groups excluding carboxylic acids is 2. The average molecular weight is 278 g/mol. The summed E-state index contributed by atoms with van der Waals surface area (Å²) >= 11 is 0. The van der Waals surface area contributed by atoms with Crippen molar-refractivity contribution in [1.29, 1.82) is 0 Å². The number of urea groups is 1. The number of hydrogen-bond acceptors (Lipinski definition) is 5. The van der Waals surface area contributed by atoms with Gasteiger partial charge in [0.15, 0.2) is 5.82 Å². The molecule has 2 aliphatic rings. The quantitative estimate of drug-likeness (QED) is 0.826. The van der Waals surface area contributed by atoms with Gasteiger partial charge in [0.05, 0.1) is 0 Å². The zero-order valence-corrected chi connectivity index (χ0v) is 11.7. The van der Waals surface area contributed by atoms with Gasteiger partial charge in [-0.3, -0.25) is 9.69 Å². The minimum atomic E-state index is -0.732. The summed E-state index contributed by atoms with van der Waals surface area (Å²) in [6.07, 6.45) is 3.73. The number of imide groups is 1. The van der Waals surface area contributed by atoms with Crippen LogP contribution in [0.3, 0.4) is 0 Å². The summed E-state index contributed by atoms with van der Waals surface area (Å²) in [6, 6.07) is -0.361. The van der Waals surface area contributed by atoms with E-state index in [1.165, 1.54) is 4.90 Å². The van der Waals surface area contributed by atoms with Crippen molar-refractivity contribution in [3.8, 4) is 0 Å².